The third kappa shape index (κ3) is 8.42. The molecule has 0 fully saturated rings. The van der Waals surface area contributed by atoms with Crippen molar-refractivity contribution in [2.24, 2.45) is 0 Å². The summed E-state index contributed by atoms with van der Waals surface area (Å²) in [5.74, 6) is 2.21. The second-order valence-corrected chi connectivity index (χ2v) is 35.8. The molecule has 0 aliphatic carbocycles. The van der Waals surface area contributed by atoms with Gasteiger partial charge in [0.25, 0.3) is 0 Å². The van der Waals surface area contributed by atoms with Crippen LogP contribution in [0.1, 0.15) is 77.9 Å². The lowest BCUT2D eigenvalue weighted by Crippen LogP contribution is -2.49. The Morgan fingerprint density at radius 2 is 1.05 bits per heavy atom. The van der Waals surface area contributed by atoms with Crippen LogP contribution < -0.4 is 40.6 Å². The fourth-order valence-corrected chi connectivity index (χ4v) is 27.1. The van der Waals surface area contributed by atoms with Crippen molar-refractivity contribution in [3.63, 3.8) is 0 Å². The number of para-hydroxylation sites is 2. The molecule has 460 valence electrons. The van der Waals surface area contributed by atoms with E-state index in [1.165, 1.54) is 69.8 Å². The lowest BCUT2D eigenvalue weighted by molar-refractivity contribution is 0.448. The van der Waals surface area contributed by atoms with Crippen LogP contribution in [0.3, 0.4) is 0 Å². The molecule has 18 rings (SSSR count). The topological polar surface area (TPSA) is 53.3 Å². The van der Waals surface area contributed by atoms with Gasteiger partial charge >= 0.3 is 0 Å². The predicted molar refractivity (Wildman–Crippen MR) is 403 cm³/mol. The van der Waals surface area contributed by atoms with Gasteiger partial charge in [-0.2, -0.15) is 0 Å². The van der Waals surface area contributed by atoms with Crippen LogP contribution in [-0.2, 0) is 27.2 Å². The number of nitrogens with zero attached hydrogens (tertiary/aromatic N) is 2. The Labute approximate surface area is 563 Å². The van der Waals surface area contributed by atoms with E-state index in [1.807, 2.05) is 54.8 Å². The van der Waals surface area contributed by atoms with Gasteiger partial charge in [0, 0.05) is 66.5 Å². The van der Waals surface area contributed by atoms with Crippen molar-refractivity contribution in [3.05, 3.63) is 287 Å². The van der Waals surface area contributed by atoms with Gasteiger partial charge in [-0.15, -0.1) is 11.3 Å². The fourth-order valence-electron chi connectivity index (χ4n) is 15.9. The van der Waals surface area contributed by atoms with Crippen LogP contribution in [0.15, 0.2) is 237 Å². The van der Waals surface area contributed by atoms with E-state index in [-0.39, 0.29) is 10.8 Å². The van der Waals surface area contributed by atoms with E-state index in [9.17, 15) is 0 Å². The molecule has 3 aromatic heterocycles. The average Bonchev–Trinajstić information content (AvgIpc) is 1.60. The first-order valence-electron chi connectivity index (χ1n) is 32.7. The lowest BCUT2D eigenvalue weighted by Gasteiger charge is -2.48. The number of hydrogen-bond donors (Lipinski definition) is 0. The molecule has 0 bridgehead atoms. The Hall–Kier alpha value is -9.45. The molecule has 0 N–H and O–H groups in total. The lowest BCUT2D eigenvalue weighted by atomic mass is 9.71. The second-order valence-electron chi connectivity index (χ2n) is 27.6. The molecule has 4 aliphatic heterocycles. The number of aryl methyl sites for hydroxylation is 5. The molecule has 4 aliphatic rings. The highest BCUT2D eigenvalue weighted by Crippen LogP contribution is 2.65. The normalized spacial score (nSPS) is 17.2. The summed E-state index contributed by atoms with van der Waals surface area (Å²) in [6, 6.07) is 80.7. The first-order valence-corrected chi connectivity index (χ1v) is 38.0. The molecule has 0 amide bonds. The minimum atomic E-state index is -3.85. The molecular weight excluding hydrogens is 1240 g/mol. The van der Waals surface area contributed by atoms with Crippen molar-refractivity contribution >= 4 is 88.5 Å². The zero-order valence-corrected chi connectivity index (χ0v) is 57.8. The van der Waals surface area contributed by atoms with E-state index in [2.05, 4.69) is 265 Å². The monoisotopic (exact) mass is 1300 g/mol. The second kappa shape index (κ2) is 20.8. The zero-order chi connectivity index (χ0) is 64.8. The smallest absolute Gasteiger partial charge is 0.217 e. The molecule has 95 heavy (non-hydrogen) atoms. The third-order valence-electron chi connectivity index (χ3n) is 20.9. The van der Waals surface area contributed by atoms with Crippen LogP contribution in [0, 0.1) is 34.6 Å². The Morgan fingerprint density at radius 1 is 0.453 bits per heavy atom. The average molecular weight is 1300 g/mol. The zero-order valence-electron chi connectivity index (χ0n) is 54.3. The van der Waals surface area contributed by atoms with Crippen LogP contribution in [0.5, 0.6) is 23.1 Å². The largest absolute Gasteiger partial charge is 0.455 e. The van der Waals surface area contributed by atoms with E-state index in [0.717, 1.165) is 89.0 Å². The van der Waals surface area contributed by atoms with Gasteiger partial charge in [0.05, 0.1) is 20.7 Å². The summed E-state index contributed by atoms with van der Waals surface area (Å²) >= 11 is 9.45. The van der Waals surface area contributed by atoms with Gasteiger partial charge in [-0.25, -0.2) is 0 Å². The number of pyridine rings is 1. The summed E-state index contributed by atoms with van der Waals surface area (Å²) in [6.07, 6.45) is 1.97. The number of aromatic nitrogens is 2. The number of fused-ring (bicyclic) bond motifs is 12. The maximum Gasteiger partial charge on any atom is 0.217 e. The number of rotatable bonds is 7. The molecular formula is C86H66N2O3P2S2. The number of ether oxygens (including phenoxy) is 2. The van der Waals surface area contributed by atoms with E-state index >= 15 is 4.57 Å². The van der Waals surface area contributed by atoms with Gasteiger partial charge in [-0.1, -0.05) is 220 Å². The predicted octanol–water partition coefficient (Wildman–Crippen LogP) is 20.7. The van der Waals surface area contributed by atoms with Gasteiger partial charge in [-0.3, -0.25) is 9.55 Å². The van der Waals surface area contributed by atoms with Crippen molar-refractivity contribution in [2.75, 3.05) is 0 Å². The van der Waals surface area contributed by atoms with E-state index in [0.29, 0.717) is 39.0 Å². The Balaban J connectivity index is 0.782. The first-order chi connectivity index (χ1) is 45.9. The highest BCUT2D eigenvalue weighted by atomic mass is 32.4. The molecule has 11 aromatic carbocycles. The van der Waals surface area contributed by atoms with Crippen LogP contribution in [0.25, 0.3) is 93.4 Å². The van der Waals surface area contributed by atoms with Crippen LogP contribution in [-0.4, -0.2) is 9.55 Å². The van der Waals surface area contributed by atoms with Crippen molar-refractivity contribution in [2.45, 2.75) is 73.1 Å². The molecule has 14 aromatic rings. The molecule has 7 heterocycles. The summed E-state index contributed by atoms with van der Waals surface area (Å²) in [6.45, 7) is 20.4. The quantitative estimate of drug-likeness (QED) is 0.149. The minimum Gasteiger partial charge on any atom is -0.455 e. The van der Waals surface area contributed by atoms with Crippen molar-refractivity contribution in [1.82, 2.24) is 9.55 Å². The summed E-state index contributed by atoms with van der Waals surface area (Å²) in [4.78, 5) is 4.63. The van der Waals surface area contributed by atoms with Crippen LogP contribution >= 0.6 is 24.5 Å². The van der Waals surface area contributed by atoms with E-state index < -0.39 is 13.2 Å². The molecule has 0 spiro atoms. The maximum absolute atomic E-state index is 17.8. The maximum atomic E-state index is 17.8. The van der Waals surface area contributed by atoms with Gasteiger partial charge in [0.2, 0.25) is 5.88 Å². The minimum absolute atomic E-state index is 0.298. The van der Waals surface area contributed by atoms with E-state index in [1.54, 1.807) is 0 Å². The molecule has 5 nitrogen and oxygen atoms in total. The fraction of sp³-hybridized carbons (Fsp3) is 0.128. The van der Waals surface area contributed by atoms with Gasteiger partial charge in [0.15, 0.2) is 12.9 Å². The van der Waals surface area contributed by atoms with Gasteiger partial charge < -0.3 is 14.0 Å². The number of hydrogen-bond acceptors (Lipinski definition) is 6. The summed E-state index contributed by atoms with van der Waals surface area (Å²) in [5, 5.41) is 6.76. The molecule has 0 saturated heterocycles. The highest BCUT2D eigenvalue weighted by molar-refractivity contribution is 8.27. The van der Waals surface area contributed by atoms with Gasteiger partial charge in [0.1, 0.15) is 16.8 Å². The Morgan fingerprint density at radius 3 is 1.77 bits per heavy atom. The first kappa shape index (κ1) is 58.2. The summed E-state index contributed by atoms with van der Waals surface area (Å²) < 4.78 is 37.4. The summed E-state index contributed by atoms with van der Waals surface area (Å²) in [7, 11) is -3.85. The van der Waals surface area contributed by atoms with E-state index in [4.69, 9.17) is 21.3 Å². The summed E-state index contributed by atoms with van der Waals surface area (Å²) in [5.41, 5.74) is 24.9. The number of benzene rings is 11. The highest BCUT2D eigenvalue weighted by Gasteiger charge is 2.54. The van der Waals surface area contributed by atoms with Crippen molar-refractivity contribution < 1.29 is 14.0 Å². The molecule has 0 saturated carbocycles. The standard InChI is InChI=1S/C86H66N2O3P2S2/c1-49-22-28-54(29-23-49)67-47-68(55-30-24-50(2)25-31-55)79-82-78(67)90-73-45-60(36-39-75(73)92(82,89)80-64-20-13-14-21-72(64)88(83(80)91-79)63-18-11-10-12-19-63)58-32-26-52(4)66(43-58)61-34-37-65-76(46-61)95-84-77(65)86(8,9)71-41-51(3)40-70-81(71)93(84,94)74-38-35-59(44-69(74)85(70,6)7)56-16-15-17-57(42-56)62-33-27-53(5)87-48-62/h10-48H,1-9H3. The Bertz CT molecular complexity index is 5780. The molecule has 2 unspecified atom stereocenters. The number of thiophene rings is 1. The van der Waals surface area contributed by atoms with Crippen molar-refractivity contribution in [1.29, 1.82) is 0 Å². The van der Waals surface area contributed by atoms with Crippen LogP contribution in [0.2, 0.25) is 0 Å². The van der Waals surface area contributed by atoms with Crippen molar-refractivity contribution in [3.8, 4) is 95.6 Å². The molecule has 2 atom stereocenters. The van der Waals surface area contributed by atoms with Gasteiger partial charge in [-0.05, 0) is 190 Å². The SMILES string of the molecule is Cc1ccc(-c2cc(-c3ccc(C)cc3)c3c4c2Oc2cc(-c5ccc(C)c(-c6ccc7c8c(sc7c6)P6(=S)c7ccc(-c9cccc(-c%10ccc(C)nc%10)c9)cc7C(C)(C)c7cc(C)cc(c76)C8(C)C)c5)ccc2P4(=O)c2c(n(-c4ccccc4)c4ccccc24)O3)cc1. The third-order valence-corrected chi connectivity index (χ3v) is 31.1. The van der Waals surface area contributed by atoms with Crippen LogP contribution in [0.4, 0.5) is 0 Å². The Kier molecular flexibility index (Phi) is 12.7. The molecule has 9 heteroatoms. The molecule has 0 radical (unpaired) electrons.